The second-order valence-electron chi connectivity index (χ2n) is 5.60. The first-order valence-corrected chi connectivity index (χ1v) is 7.09. The Hall–Kier alpha value is -1.91. The van der Waals surface area contributed by atoms with Crippen molar-refractivity contribution in [3.8, 4) is 0 Å². The molecule has 116 valence electrons. The highest BCUT2D eigenvalue weighted by atomic mass is 19.1. The highest BCUT2D eigenvalue weighted by molar-refractivity contribution is 5.84. The van der Waals surface area contributed by atoms with Gasteiger partial charge in [0.2, 0.25) is 5.91 Å². The Kier molecular flexibility index (Phi) is 6.34. The number of hydrogen-bond donors (Lipinski definition) is 2. The zero-order valence-electron chi connectivity index (χ0n) is 12.6. The minimum atomic E-state index is -1.04. The predicted octanol–water partition coefficient (Wildman–Crippen LogP) is 2.62. The molecule has 1 rings (SSSR count). The van der Waals surface area contributed by atoms with Crippen LogP contribution in [0.3, 0.4) is 0 Å². The third-order valence-electron chi connectivity index (χ3n) is 3.48. The Bertz CT molecular complexity index is 502. The third kappa shape index (κ3) is 5.17. The first-order chi connectivity index (χ1) is 9.82. The van der Waals surface area contributed by atoms with Crippen LogP contribution in [0.25, 0.3) is 0 Å². The van der Waals surface area contributed by atoms with E-state index in [-0.39, 0.29) is 23.6 Å². The molecule has 0 aliphatic rings. The van der Waals surface area contributed by atoms with Gasteiger partial charge >= 0.3 is 5.97 Å². The molecule has 5 heteroatoms. The van der Waals surface area contributed by atoms with Gasteiger partial charge in [-0.3, -0.25) is 4.79 Å². The summed E-state index contributed by atoms with van der Waals surface area (Å²) in [6.07, 6.45) is 0.915. The minimum Gasteiger partial charge on any atom is -0.480 e. The molecule has 2 unspecified atom stereocenters. The van der Waals surface area contributed by atoms with Crippen molar-refractivity contribution in [1.29, 1.82) is 0 Å². The number of halogens is 1. The number of aliphatic carboxylic acids is 1. The molecule has 1 amide bonds. The van der Waals surface area contributed by atoms with E-state index in [0.29, 0.717) is 18.4 Å². The van der Waals surface area contributed by atoms with Gasteiger partial charge in [0, 0.05) is 5.92 Å². The number of carbonyl (C=O) groups is 2. The highest BCUT2D eigenvalue weighted by Gasteiger charge is 2.25. The van der Waals surface area contributed by atoms with Gasteiger partial charge in [-0.05, 0) is 30.4 Å². The van der Waals surface area contributed by atoms with Crippen LogP contribution in [0, 0.1) is 17.7 Å². The van der Waals surface area contributed by atoms with Crippen molar-refractivity contribution in [2.45, 2.75) is 39.7 Å². The summed E-state index contributed by atoms with van der Waals surface area (Å²) in [4.78, 5) is 23.1. The molecule has 0 heterocycles. The minimum absolute atomic E-state index is 0.190. The highest BCUT2D eigenvalue weighted by Crippen LogP contribution is 2.14. The molecule has 2 atom stereocenters. The molecule has 0 saturated heterocycles. The van der Waals surface area contributed by atoms with E-state index in [4.69, 9.17) is 5.11 Å². The summed E-state index contributed by atoms with van der Waals surface area (Å²) in [5, 5.41) is 11.6. The SMILES string of the molecule is CC(CCc1ccccc1F)C(=O)NC(C(=O)O)C(C)C. The third-order valence-corrected chi connectivity index (χ3v) is 3.48. The van der Waals surface area contributed by atoms with E-state index in [1.165, 1.54) is 6.07 Å². The Labute approximate surface area is 124 Å². The van der Waals surface area contributed by atoms with Gasteiger partial charge in [-0.2, -0.15) is 0 Å². The van der Waals surface area contributed by atoms with Gasteiger partial charge in [0.25, 0.3) is 0 Å². The lowest BCUT2D eigenvalue weighted by atomic mass is 9.98. The molecule has 0 fully saturated rings. The van der Waals surface area contributed by atoms with Gasteiger partial charge < -0.3 is 10.4 Å². The van der Waals surface area contributed by atoms with Gasteiger partial charge in [0.15, 0.2) is 0 Å². The molecule has 4 nitrogen and oxygen atoms in total. The maximum atomic E-state index is 13.5. The van der Waals surface area contributed by atoms with Crippen molar-refractivity contribution >= 4 is 11.9 Å². The fraction of sp³-hybridized carbons (Fsp3) is 0.500. The molecular formula is C16H22FNO3. The molecule has 0 aliphatic carbocycles. The smallest absolute Gasteiger partial charge is 0.326 e. The molecular weight excluding hydrogens is 273 g/mol. The van der Waals surface area contributed by atoms with E-state index in [1.807, 2.05) is 0 Å². The number of carboxylic acids is 1. The molecule has 0 spiro atoms. The summed E-state index contributed by atoms with van der Waals surface area (Å²) < 4.78 is 13.5. The predicted molar refractivity (Wildman–Crippen MR) is 78.3 cm³/mol. The van der Waals surface area contributed by atoms with Crippen LogP contribution in [-0.4, -0.2) is 23.0 Å². The number of benzene rings is 1. The first-order valence-electron chi connectivity index (χ1n) is 7.09. The summed E-state index contributed by atoms with van der Waals surface area (Å²) in [5.41, 5.74) is 0.566. The van der Waals surface area contributed by atoms with Crippen LogP contribution in [0.4, 0.5) is 4.39 Å². The van der Waals surface area contributed by atoms with E-state index >= 15 is 0 Å². The molecule has 2 N–H and O–H groups in total. The summed E-state index contributed by atoms with van der Waals surface area (Å²) in [6.45, 7) is 5.20. The van der Waals surface area contributed by atoms with E-state index in [0.717, 1.165) is 0 Å². The van der Waals surface area contributed by atoms with Crippen molar-refractivity contribution < 1.29 is 19.1 Å². The van der Waals surface area contributed by atoms with E-state index in [1.54, 1.807) is 39.0 Å². The van der Waals surface area contributed by atoms with Crippen LogP contribution in [0.15, 0.2) is 24.3 Å². The molecule has 0 aromatic heterocycles. The standard InChI is InChI=1S/C16H22FNO3/c1-10(2)14(16(20)21)18-15(19)11(3)8-9-12-6-4-5-7-13(12)17/h4-7,10-11,14H,8-9H2,1-3H3,(H,18,19)(H,20,21). The van der Waals surface area contributed by atoms with Gasteiger partial charge in [0.1, 0.15) is 11.9 Å². The topological polar surface area (TPSA) is 66.4 Å². The van der Waals surface area contributed by atoms with Gasteiger partial charge in [-0.1, -0.05) is 39.0 Å². The zero-order chi connectivity index (χ0) is 16.0. The number of amides is 1. The summed E-state index contributed by atoms with van der Waals surface area (Å²) in [5.74, 6) is -2.20. The van der Waals surface area contributed by atoms with Crippen molar-refractivity contribution in [1.82, 2.24) is 5.32 Å². The fourth-order valence-electron chi connectivity index (χ4n) is 2.01. The Morgan fingerprint density at radius 1 is 1.24 bits per heavy atom. The Balaban J connectivity index is 2.55. The molecule has 1 aromatic carbocycles. The number of carboxylic acid groups (broad SMARTS) is 1. The molecule has 0 radical (unpaired) electrons. The lowest BCUT2D eigenvalue weighted by Gasteiger charge is -2.20. The van der Waals surface area contributed by atoms with Gasteiger partial charge in [-0.15, -0.1) is 0 Å². The molecule has 0 bridgehead atoms. The van der Waals surface area contributed by atoms with Crippen LogP contribution < -0.4 is 5.32 Å². The van der Waals surface area contributed by atoms with E-state index in [2.05, 4.69) is 5.32 Å². The number of rotatable bonds is 7. The normalized spacial score (nSPS) is 13.8. The second-order valence-corrected chi connectivity index (χ2v) is 5.60. The van der Waals surface area contributed by atoms with Gasteiger partial charge in [0.05, 0.1) is 0 Å². The average molecular weight is 295 g/mol. The fourth-order valence-corrected chi connectivity index (χ4v) is 2.01. The Morgan fingerprint density at radius 3 is 2.38 bits per heavy atom. The summed E-state index contributed by atoms with van der Waals surface area (Å²) in [7, 11) is 0. The van der Waals surface area contributed by atoms with Crippen molar-refractivity contribution in [2.24, 2.45) is 11.8 Å². The van der Waals surface area contributed by atoms with Crippen LogP contribution in [-0.2, 0) is 16.0 Å². The maximum absolute atomic E-state index is 13.5. The molecule has 0 saturated carbocycles. The van der Waals surface area contributed by atoms with Crippen LogP contribution in [0.5, 0.6) is 0 Å². The molecule has 1 aromatic rings. The van der Waals surface area contributed by atoms with Crippen molar-refractivity contribution in [3.05, 3.63) is 35.6 Å². The first kappa shape index (κ1) is 17.1. The zero-order valence-corrected chi connectivity index (χ0v) is 12.6. The number of carbonyl (C=O) groups excluding carboxylic acids is 1. The quantitative estimate of drug-likeness (QED) is 0.812. The Morgan fingerprint density at radius 2 is 1.86 bits per heavy atom. The van der Waals surface area contributed by atoms with E-state index in [9.17, 15) is 14.0 Å². The number of nitrogens with one attached hydrogen (secondary N) is 1. The van der Waals surface area contributed by atoms with Crippen molar-refractivity contribution in [2.75, 3.05) is 0 Å². The number of hydrogen-bond acceptors (Lipinski definition) is 2. The van der Waals surface area contributed by atoms with Crippen LogP contribution in [0.1, 0.15) is 32.8 Å². The monoisotopic (exact) mass is 295 g/mol. The average Bonchev–Trinajstić information content (AvgIpc) is 2.42. The summed E-state index contributed by atoms with van der Waals surface area (Å²) in [6, 6.07) is 5.55. The number of aryl methyl sites for hydroxylation is 1. The van der Waals surface area contributed by atoms with Gasteiger partial charge in [-0.25, -0.2) is 9.18 Å². The lowest BCUT2D eigenvalue weighted by molar-refractivity contribution is -0.143. The van der Waals surface area contributed by atoms with E-state index < -0.39 is 12.0 Å². The molecule has 21 heavy (non-hydrogen) atoms. The second kappa shape index (κ2) is 7.76. The van der Waals surface area contributed by atoms with Crippen molar-refractivity contribution in [3.63, 3.8) is 0 Å². The van der Waals surface area contributed by atoms with Crippen LogP contribution >= 0.6 is 0 Å². The largest absolute Gasteiger partial charge is 0.480 e. The molecule has 0 aliphatic heterocycles. The van der Waals surface area contributed by atoms with Crippen LogP contribution in [0.2, 0.25) is 0 Å². The summed E-state index contributed by atoms with van der Waals surface area (Å²) >= 11 is 0. The maximum Gasteiger partial charge on any atom is 0.326 e. The lowest BCUT2D eigenvalue weighted by Crippen LogP contribution is -2.46.